The average molecular weight is 367 g/mol. The van der Waals surface area contributed by atoms with Gasteiger partial charge in [0.25, 0.3) is 10.0 Å². The first kappa shape index (κ1) is 17.3. The normalized spacial score (nSPS) is 17.1. The van der Waals surface area contributed by atoms with Gasteiger partial charge in [0.2, 0.25) is 5.88 Å². The largest absolute Gasteiger partial charge is 0.474 e. The number of hydrogen-bond acceptors (Lipinski definition) is 6. The summed E-state index contributed by atoms with van der Waals surface area (Å²) in [6.07, 6.45) is 3.83. The minimum atomic E-state index is -3.38. The van der Waals surface area contributed by atoms with Gasteiger partial charge in [-0.25, -0.2) is 13.4 Å². The van der Waals surface area contributed by atoms with Gasteiger partial charge in [0.1, 0.15) is 16.1 Å². The molecule has 2 aromatic rings. The molecule has 0 bridgehead atoms. The van der Waals surface area contributed by atoms with Crippen LogP contribution in [0.3, 0.4) is 0 Å². The van der Waals surface area contributed by atoms with Gasteiger partial charge in [-0.3, -0.25) is 0 Å². The maximum atomic E-state index is 12.7. The molecule has 1 saturated heterocycles. The van der Waals surface area contributed by atoms with E-state index < -0.39 is 10.0 Å². The van der Waals surface area contributed by atoms with Crippen LogP contribution < -0.4 is 4.74 Å². The van der Waals surface area contributed by atoms with Gasteiger partial charge < -0.3 is 4.74 Å². The first-order chi connectivity index (χ1) is 11.5. The zero-order valence-corrected chi connectivity index (χ0v) is 15.4. The molecule has 0 unspecified atom stereocenters. The van der Waals surface area contributed by atoms with E-state index in [-0.39, 0.29) is 6.10 Å². The summed E-state index contributed by atoms with van der Waals surface area (Å²) < 4.78 is 33.3. The third-order valence-corrected chi connectivity index (χ3v) is 7.61. The summed E-state index contributed by atoms with van der Waals surface area (Å²) in [4.78, 5) is 9.36. The van der Waals surface area contributed by atoms with Crippen LogP contribution in [0, 0.1) is 6.92 Å². The van der Waals surface area contributed by atoms with E-state index in [0.717, 1.165) is 11.3 Å². The zero-order valence-electron chi connectivity index (χ0n) is 13.8. The number of hydrogen-bond donors (Lipinski definition) is 0. The lowest BCUT2D eigenvalue weighted by atomic mass is 10.1. The maximum absolute atomic E-state index is 12.7. The molecule has 6 nitrogen and oxygen atoms in total. The van der Waals surface area contributed by atoms with Crippen molar-refractivity contribution in [3.8, 4) is 5.88 Å². The lowest BCUT2D eigenvalue weighted by Crippen LogP contribution is -2.41. The quantitative estimate of drug-likeness (QED) is 0.812. The highest BCUT2D eigenvalue weighted by Crippen LogP contribution is 2.28. The standard InChI is InChI=1S/C16H21N3O3S2/c1-3-14-4-5-16(23-14)24(20,21)19-10-7-13(8-11-19)22-15-6-9-17-12(2)18-15/h4-6,9,13H,3,7-8,10-11H2,1-2H3. The molecule has 0 atom stereocenters. The Kier molecular flexibility index (Phi) is 5.17. The van der Waals surface area contributed by atoms with Gasteiger partial charge in [-0.2, -0.15) is 9.29 Å². The Balaban J connectivity index is 1.62. The van der Waals surface area contributed by atoms with Crippen LogP contribution in [-0.2, 0) is 16.4 Å². The summed E-state index contributed by atoms with van der Waals surface area (Å²) in [7, 11) is -3.38. The van der Waals surface area contributed by atoms with Crippen LogP contribution >= 0.6 is 11.3 Å². The molecule has 1 fully saturated rings. The molecule has 0 aliphatic carbocycles. The SMILES string of the molecule is CCc1ccc(S(=O)(=O)N2CCC(Oc3ccnc(C)n3)CC2)s1. The molecule has 3 rings (SSSR count). The van der Waals surface area contributed by atoms with E-state index in [4.69, 9.17) is 4.74 Å². The number of sulfonamides is 1. The summed E-state index contributed by atoms with van der Waals surface area (Å²) in [5.41, 5.74) is 0. The van der Waals surface area contributed by atoms with Crippen molar-refractivity contribution in [3.05, 3.63) is 35.1 Å². The minimum absolute atomic E-state index is 0.0136. The molecule has 1 aliphatic rings. The van der Waals surface area contributed by atoms with Crippen molar-refractivity contribution >= 4 is 21.4 Å². The molecule has 2 aromatic heterocycles. The van der Waals surface area contributed by atoms with E-state index in [9.17, 15) is 8.42 Å². The fourth-order valence-corrected chi connectivity index (χ4v) is 5.59. The average Bonchev–Trinajstić information content (AvgIpc) is 3.05. The maximum Gasteiger partial charge on any atom is 0.252 e. The fraction of sp³-hybridized carbons (Fsp3) is 0.500. The minimum Gasteiger partial charge on any atom is -0.474 e. The van der Waals surface area contributed by atoms with E-state index in [1.807, 2.05) is 19.9 Å². The lowest BCUT2D eigenvalue weighted by Gasteiger charge is -2.30. The molecule has 0 spiro atoms. The predicted molar refractivity (Wildman–Crippen MR) is 92.9 cm³/mol. The molecule has 1 aliphatic heterocycles. The van der Waals surface area contributed by atoms with Gasteiger partial charge >= 0.3 is 0 Å². The second kappa shape index (κ2) is 7.16. The number of aryl methyl sites for hydroxylation is 2. The smallest absolute Gasteiger partial charge is 0.252 e. The Morgan fingerprint density at radius 2 is 2.04 bits per heavy atom. The second-order valence-electron chi connectivity index (χ2n) is 5.74. The van der Waals surface area contributed by atoms with Gasteiger partial charge in [-0.1, -0.05) is 6.92 Å². The summed E-state index contributed by atoms with van der Waals surface area (Å²) in [5.74, 6) is 1.21. The van der Waals surface area contributed by atoms with Crippen LogP contribution in [0.1, 0.15) is 30.5 Å². The Bertz CT molecular complexity index is 796. The summed E-state index contributed by atoms with van der Waals surface area (Å²) in [6, 6.07) is 5.34. The Labute approximate surface area is 146 Å². The van der Waals surface area contributed by atoms with Crippen LogP contribution in [0.5, 0.6) is 5.88 Å². The van der Waals surface area contributed by atoms with Crippen molar-refractivity contribution in [2.45, 2.75) is 43.4 Å². The van der Waals surface area contributed by atoms with Crippen molar-refractivity contribution < 1.29 is 13.2 Å². The Morgan fingerprint density at radius 1 is 1.29 bits per heavy atom. The summed E-state index contributed by atoms with van der Waals surface area (Å²) in [6.45, 7) is 4.78. The third-order valence-electron chi connectivity index (χ3n) is 4.02. The van der Waals surface area contributed by atoms with Crippen LogP contribution in [0.15, 0.2) is 28.6 Å². The highest BCUT2D eigenvalue weighted by Gasteiger charge is 2.31. The van der Waals surface area contributed by atoms with Crippen molar-refractivity contribution in [2.75, 3.05) is 13.1 Å². The van der Waals surface area contributed by atoms with Crippen molar-refractivity contribution in [1.29, 1.82) is 0 Å². The molecular formula is C16H21N3O3S2. The predicted octanol–water partition coefficient (Wildman–Crippen LogP) is 2.64. The number of piperidine rings is 1. The van der Waals surface area contributed by atoms with E-state index in [1.54, 1.807) is 22.6 Å². The number of nitrogens with zero attached hydrogens (tertiary/aromatic N) is 3. The second-order valence-corrected chi connectivity index (χ2v) is 9.07. The zero-order chi connectivity index (χ0) is 17.2. The number of thiophene rings is 1. The highest BCUT2D eigenvalue weighted by atomic mass is 32.2. The molecule has 24 heavy (non-hydrogen) atoms. The van der Waals surface area contributed by atoms with Gasteiger partial charge in [-0.05, 0) is 38.3 Å². The lowest BCUT2D eigenvalue weighted by molar-refractivity contribution is 0.129. The topological polar surface area (TPSA) is 72.4 Å². The van der Waals surface area contributed by atoms with Crippen LogP contribution in [0.2, 0.25) is 0 Å². The molecule has 0 N–H and O–H groups in total. The first-order valence-corrected chi connectivity index (χ1v) is 10.3. The Morgan fingerprint density at radius 3 is 2.67 bits per heavy atom. The summed E-state index contributed by atoms with van der Waals surface area (Å²) >= 11 is 1.36. The molecule has 3 heterocycles. The molecule has 0 amide bonds. The monoisotopic (exact) mass is 367 g/mol. The molecule has 130 valence electrons. The first-order valence-electron chi connectivity index (χ1n) is 8.04. The van der Waals surface area contributed by atoms with Crippen LogP contribution in [0.4, 0.5) is 0 Å². The number of aromatic nitrogens is 2. The van der Waals surface area contributed by atoms with E-state index >= 15 is 0 Å². The summed E-state index contributed by atoms with van der Waals surface area (Å²) in [5, 5.41) is 0. The third kappa shape index (κ3) is 3.76. The molecule has 0 radical (unpaired) electrons. The van der Waals surface area contributed by atoms with E-state index in [1.165, 1.54) is 11.3 Å². The van der Waals surface area contributed by atoms with Crippen molar-refractivity contribution in [1.82, 2.24) is 14.3 Å². The fourth-order valence-electron chi connectivity index (χ4n) is 2.68. The molecular weight excluding hydrogens is 346 g/mol. The Hall–Kier alpha value is -1.51. The van der Waals surface area contributed by atoms with Crippen LogP contribution in [-0.4, -0.2) is 41.9 Å². The van der Waals surface area contributed by atoms with Crippen molar-refractivity contribution in [3.63, 3.8) is 0 Å². The van der Waals surface area contributed by atoms with E-state index in [2.05, 4.69) is 9.97 Å². The molecule has 0 saturated carbocycles. The van der Waals surface area contributed by atoms with Gasteiger partial charge in [-0.15, -0.1) is 11.3 Å². The van der Waals surface area contributed by atoms with Crippen molar-refractivity contribution in [2.24, 2.45) is 0 Å². The molecule has 0 aromatic carbocycles. The molecule has 8 heteroatoms. The van der Waals surface area contributed by atoms with Gasteiger partial charge in [0.05, 0.1) is 0 Å². The number of ether oxygens (including phenoxy) is 1. The van der Waals surface area contributed by atoms with E-state index in [0.29, 0.717) is 41.8 Å². The van der Waals surface area contributed by atoms with Crippen LogP contribution in [0.25, 0.3) is 0 Å². The highest BCUT2D eigenvalue weighted by molar-refractivity contribution is 7.91. The number of rotatable bonds is 5. The van der Waals surface area contributed by atoms with Gasteiger partial charge in [0.15, 0.2) is 0 Å². The van der Waals surface area contributed by atoms with Gasteiger partial charge in [0, 0.05) is 30.2 Å².